The number of nitrogens with zero attached hydrogens (tertiary/aromatic N) is 1. The Morgan fingerprint density at radius 3 is 2.82 bits per heavy atom. The second-order valence-electron chi connectivity index (χ2n) is 3.01. The summed E-state index contributed by atoms with van der Waals surface area (Å²) < 4.78 is 0. The van der Waals surface area contributed by atoms with Crippen LogP contribution in [0.15, 0.2) is 24.4 Å². The van der Waals surface area contributed by atoms with Gasteiger partial charge in [0.1, 0.15) is 0 Å². The van der Waals surface area contributed by atoms with E-state index in [0.717, 1.165) is 0 Å². The minimum Gasteiger partial charge on any atom is -0.392 e. The van der Waals surface area contributed by atoms with E-state index in [9.17, 15) is 0 Å². The van der Waals surface area contributed by atoms with Gasteiger partial charge in [-0.3, -0.25) is 0 Å². The summed E-state index contributed by atoms with van der Waals surface area (Å²) in [6, 6.07) is 0.412. The summed E-state index contributed by atoms with van der Waals surface area (Å²) >= 11 is 0. The van der Waals surface area contributed by atoms with Crippen LogP contribution in [0.3, 0.4) is 0 Å². The fourth-order valence-corrected chi connectivity index (χ4v) is 1.16. The van der Waals surface area contributed by atoms with Gasteiger partial charge in [0, 0.05) is 12.6 Å². The van der Waals surface area contributed by atoms with E-state index >= 15 is 0 Å². The van der Waals surface area contributed by atoms with Gasteiger partial charge in [-0.1, -0.05) is 12.2 Å². The van der Waals surface area contributed by atoms with Crippen molar-refractivity contribution in [1.29, 1.82) is 0 Å². The van der Waals surface area contributed by atoms with Gasteiger partial charge in [-0.25, -0.2) is 0 Å². The molecule has 0 saturated carbocycles. The highest BCUT2D eigenvalue weighted by Gasteiger charge is 2.10. The van der Waals surface area contributed by atoms with Gasteiger partial charge in [-0.2, -0.15) is 0 Å². The van der Waals surface area contributed by atoms with E-state index in [1.807, 2.05) is 18.4 Å². The largest absolute Gasteiger partial charge is 0.392 e. The standard InChI is InChI=1S/C9H15NO/c1-8-5-3-4-6-10(8)7-9(2)11/h3-6,8-9,11H,7H2,1-2H3. The van der Waals surface area contributed by atoms with Gasteiger partial charge in [-0.15, -0.1) is 0 Å². The second-order valence-corrected chi connectivity index (χ2v) is 3.01. The predicted octanol–water partition coefficient (Wildman–Crippen LogP) is 1.14. The number of aliphatic hydroxyl groups is 1. The first-order valence-electron chi connectivity index (χ1n) is 3.99. The Hall–Kier alpha value is -0.760. The first kappa shape index (κ1) is 8.34. The third-order valence-corrected chi connectivity index (χ3v) is 1.78. The SMILES string of the molecule is CC(O)CN1C=CC=CC1C. The van der Waals surface area contributed by atoms with Crippen molar-refractivity contribution in [2.24, 2.45) is 0 Å². The number of hydrogen-bond donors (Lipinski definition) is 1. The molecule has 1 aliphatic rings. The van der Waals surface area contributed by atoms with Crippen LogP contribution in [0, 0.1) is 0 Å². The lowest BCUT2D eigenvalue weighted by molar-refractivity contribution is 0.142. The second kappa shape index (κ2) is 3.58. The van der Waals surface area contributed by atoms with E-state index in [2.05, 4.69) is 17.9 Å². The summed E-state index contributed by atoms with van der Waals surface area (Å²) in [7, 11) is 0. The zero-order valence-corrected chi connectivity index (χ0v) is 7.07. The molecule has 11 heavy (non-hydrogen) atoms. The van der Waals surface area contributed by atoms with Crippen molar-refractivity contribution in [1.82, 2.24) is 4.90 Å². The van der Waals surface area contributed by atoms with E-state index in [1.165, 1.54) is 0 Å². The minimum absolute atomic E-state index is 0.256. The average Bonchev–Trinajstić information content (AvgIpc) is 1.93. The molecule has 0 amide bonds. The van der Waals surface area contributed by atoms with Gasteiger partial charge in [-0.05, 0) is 26.1 Å². The van der Waals surface area contributed by atoms with Crippen molar-refractivity contribution in [2.75, 3.05) is 6.54 Å². The van der Waals surface area contributed by atoms with Crippen LogP contribution in [-0.4, -0.2) is 28.7 Å². The Kier molecular flexibility index (Phi) is 2.71. The highest BCUT2D eigenvalue weighted by Crippen LogP contribution is 2.07. The normalized spacial score (nSPS) is 25.7. The molecule has 2 atom stereocenters. The van der Waals surface area contributed by atoms with E-state index < -0.39 is 0 Å². The Labute approximate surface area is 67.8 Å². The van der Waals surface area contributed by atoms with Crippen LogP contribution in [0.1, 0.15) is 13.8 Å². The van der Waals surface area contributed by atoms with Gasteiger partial charge < -0.3 is 10.0 Å². The third-order valence-electron chi connectivity index (χ3n) is 1.78. The van der Waals surface area contributed by atoms with Gasteiger partial charge in [0.2, 0.25) is 0 Å². The Bertz CT molecular complexity index is 172. The average molecular weight is 153 g/mol. The van der Waals surface area contributed by atoms with Crippen molar-refractivity contribution >= 4 is 0 Å². The molecule has 0 aromatic carbocycles. The van der Waals surface area contributed by atoms with E-state index in [0.29, 0.717) is 12.6 Å². The van der Waals surface area contributed by atoms with Crippen molar-refractivity contribution in [3.8, 4) is 0 Å². The molecule has 62 valence electrons. The lowest BCUT2D eigenvalue weighted by Crippen LogP contribution is -2.33. The minimum atomic E-state index is -0.256. The van der Waals surface area contributed by atoms with Crippen molar-refractivity contribution in [3.05, 3.63) is 24.4 Å². The Morgan fingerprint density at radius 2 is 2.27 bits per heavy atom. The fourth-order valence-electron chi connectivity index (χ4n) is 1.16. The van der Waals surface area contributed by atoms with Crippen molar-refractivity contribution in [3.63, 3.8) is 0 Å². The zero-order chi connectivity index (χ0) is 8.27. The maximum absolute atomic E-state index is 9.12. The van der Waals surface area contributed by atoms with E-state index in [-0.39, 0.29) is 6.10 Å². The van der Waals surface area contributed by atoms with Crippen LogP contribution in [0.2, 0.25) is 0 Å². The van der Waals surface area contributed by atoms with Crippen LogP contribution < -0.4 is 0 Å². The zero-order valence-electron chi connectivity index (χ0n) is 7.07. The smallest absolute Gasteiger partial charge is 0.0687 e. The molecule has 2 heteroatoms. The first-order chi connectivity index (χ1) is 5.20. The molecular weight excluding hydrogens is 138 g/mol. The monoisotopic (exact) mass is 153 g/mol. The Morgan fingerprint density at radius 1 is 1.55 bits per heavy atom. The summed E-state index contributed by atoms with van der Waals surface area (Å²) in [4.78, 5) is 2.12. The van der Waals surface area contributed by atoms with Crippen LogP contribution in [0.25, 0.3) is 0 Å². The van der Waals surface area contributed by atoms with Crippen LogP contribution in [0.4, 0.5) is 0 Å². The molecule has 0 aromatic rings. The number of rotatable bonds is 2. The van der Waals surface area contributed by atoms with Gasteiger partial charge in [0.05, 0.1) is 6.10 Å². The summed E-state index contributed by atoms with van der Waals surface area (Å²) in [6.45, 7) is 4.63. The van der Waals surface area contributed by atoms with Gasteiger partial charge in [0.25, 0.3) is 0 Å². The van der Waals surface area contributed by atoms with E-state index in [4.69, 9.17) is 5.11 Å². The quantitative estimate of drug-likeness (QED) is 0.643. The van der Waals surface area contributed by atoms with Gasteiger partial charge in [0.15, 0.2) is 0 Å². The van der Waals surface area contributed by atoms with E-state index in [1.54, 1.807) is 6.92 Å². The maximum Gasteiger partial charge on any atom is 0.0687 e. The molecule has 0 fully saturated rings. The fraction of sp³-hybridized carbons (Fsp3) is 0.556. The molecule has 0 radical (unpaired) electrons. The molecule has 1 rings (SSSR count). The summed E-state index contributed by atoms with van der Waals surface area (Å²) in [6.07, 6.45) is 7.89. The third kappa shape index (κ3) is 2.39. The number of β-amino-alcohol motifs (C(OH)–C–C–N with tert-alkyl or cyclic N) is 1. The molecule has 0 saturated heterocycles. The van der Waals surface area contributed by atoms with Crippen LogP contribution in [0.5, 0.6) is 0 Å². The molecule has 2 unspecified atom stereocenters. The van der Waals surface area contributed by atoms with Gasteiger partial charge >= 0.3 is 0 Å². The molecule has 0 aliphatic carbocycles. The molecule has 1 N–H and O–H groups in total. The predicted molar refractivity (Wildman–Crippen MR) is 46.1 cm³/mol. The maximum atomic E-state index is 9.12. The van der Waals surface area contributed by atoms with Crippen LogP contribution in [-0.2, 0) is 0 Å². The molecule has 2 nitrogen and oxygen atoms in total. The summed E-state index contributed by atoms with van der Waals surface area (Å²) in [5.41, 5.74) is 0. The summed E-state index contributed by atoms with van der Waals surface area (Å²) in [5, 5.41) is 9.12. The van der Waals surface area contributed by atoms with Crippen LogP contribution >= 0.6 is 0 Å². The van der Waals surface area contributed by atoms with Crippen molar-refractivity contribution < 1.29 is 5.11 Å². The van der Waals surface area contributed by atoms with Crippen molar-refractivity contribution in [2.45, 2.75) is 26.0 Å². The molecule has 1 heterocycles. The summed E-state index contributed by atoms with van der Waals surface area (Å²) in [5.74, 6) is 0. The molecule has 0 aromatic heterocycles. The highest BCUT2D eigenvalue weighted by atomic mass is 16.3. The molecule has 0 spiro atoms. The number of hydrogen-bond acceptors (Lipinski definition) is 2. The lowest BCUT2D eigenvalue weighted by Gasteiger charge is -2.28. The first-order valence-corrected chi connectivity index (χ1v) is 3.99. The Balaban J connectivity index is 2.45. The molecular formula is C9H15NO. The highest BCUT2D eigenvalue weighted by molar-refractivity contribution is 5.12. The number of allylic oxidation sites excluding steroid dienone is 2. The topological polar surface area (TPSA) is 23.5 Å². The molecule has 0 bridgehead atoms. The number of aliphatic hydroxyl groups excluding tert-OH is 1. The molecule has 1 aliphatic heterocycles. The lowest BCUT2D eigenvalue weighted by atomic mass is 10.2.